The number of rotatable bonds is 2. The highest BCUT2D eigenvalue weighted by Gasteiger charge is 2.12. The molecular weight excluding hydrogens is 164 g/mol. The van der Waals surface area contributed by atoms with E-state index in [4.69, 9.17) is 5.14 Å². The van der Waals surface area contributed by atoms with Gasteiger partial charge in [-0.25, -0.2) is 13.6 Å². The average molecular weight is 176 g/mol. The van der Waals surface area contributed by atoms with Crippen LogP contribution in [0.4, 0.5) is 0 Å². The van der Waals surface area contributed by atoms with Gasteiger partial charge in [0.25, 0.3) is 0 Å². The summed E-state index contributed by atoms with van der Waals surface area (Å²) in [6.07, 6.45) is 1.43. The zero-order valence-corrected chi connectivity index (χ0v) is 7.64. The van der Waals surface area contributed by atoms with Gasteiger partial charge >= 0.3 is 0 Å². The number of sulfonamides is 1. The predicted molar refractivity (Wildman–Crippen MR) is 45.9 cm³/mol. The SMILES string of the molecule is C/C=C(\C(C)=NC)S(N)(=O)=O. The second-order valence-corrected chi connectivity index (χ2v) is 3.54. The zero-order valence-electron chi connectivity index (χ0n) is 6.83. The molecule has 0 bridgehead atoms. The first-order chi connectivity index (χ1) is 4.93. The number of aliphatic imine (C=N–C) groups is 1. The topological polar surface area (TPSA) is 72.5 Å². The molecule has 0 spiro atoms. The molecule has 0 aliphatic rings. The Bertz CT molecular complexity index is 288. The monoisotopic (exact) mass is 176 g/mol. The van der Waals surface area contributed by atoms with Crippen LogP contribution in [0.1, 0.15) is 13.8 Å². The van der Waals surface area contributed by atoms with Crippen LogP contribution in [0.25, 0.3) is 0 Å². The molecule has 0 radical (unpaired) electrons. The summed E-state index contributed by atoms with van der Waals surface area (Å²) in [6, 6.07) is 0. The van der Waals surface area contributed by atoms with Gasteiger partial charge in [-0.15, -0.1) is 0 Å². The van der Waals surface area contributed by atoms with Gasteiger partial charge in [0, 0.05) is 7.05 Å². The maximum atomic E-state index is 10.8. The number of primary sulfonamides is 1. The Balaban J connectivity index is 5.06. The van der Waals surface area contributed by atoms with Gasteiger partial charge < -0.3 is 0 Å². The van der Waals surface area contributed by atoms with Gasteiger partial charge in [0.15, 0.2) is 0 Å². The molecule has 0 saturated heterocycles. The van der Waals surface area contributed by atoms with E-state index in [0.29, 0.717) is 5.71 Å². The van der Waals surface area contributed by atoms with Crippen molar-refractivity contribution in [1.82, 2.24) is 0 Å². The normalized spacial score (nSPS) is 15.3. The summed E-state index contributed by atoms with van der Waals surface area (Å²) in [7, 11) is -2.08. The lowest BCUT2D eigenvalue weighted by molar-refractivity contribution is 0.605. The maximum absolute atomic E-state index is 10.8. The van der Waals surface area contributed by atoms with Crippen molar-refractivity contribution >= 4 is 15.7 Å². The molecule has 2 N–H and O–H groups in total. The number of allylic oxidation sites excluding steroid dienone is 2. The van der Waals surface area contributed by atoms with Crippen LogP contribution in [0, 0.1) is 0 Å². The molecule has 4 nitrogen and oxygen atoms in total. The second kappa shape index (κ2) is 3.64. The van der Waals surface area contributed by atoms with Crippen molar-refractivity contribution in [3.63, 3.8) is 0 Å². The van der Waals surface area contributed by atoms with E-state index in [2.05, 4.69) is 4.99 Å². The third-order valence-electron chi connectivity index (χ3n) is 1.26. The summed E-state index contributed by atoms with van der Waals surface area (Å²) in [5.41, 5.74) is 0.426. The standard InChI is InChI=1S/C6H12N2O2S/c1-4-6(5(2)8-3)11(7,9)10/h4H,1-3H3,(H2,7,9,10)/b6-4+,8-5?. The molecule has 5 heteroatoms. The highest BCUT2D eigenvalue weighted by atomic mass is 32.2. The van der Waals surface area contributed by atoms with Gasteiger partial charge in [-0.1, -0.05) is 6.08 Å². The Labute approximate surface area is 66.9 Å². The van der Waals surface area contributed by atoms with E-state index in [-0.39, 0.29) is 4.91 Å². The average Bonchev–Trinajstić information content (AvgIpc) is 1.86. The Morgan fingerprint density at radius 3 is 2.09 bits per heavy atom. The van der Waals surface area contributed by atoms with Gasteiger partial charge in [-0.2, -0.15) is 0 Å². The van der Waals surface area contributed by atoms with E-state index in [1.807, 2.05) is 0 Å². The Kier molecular flexibility index (Phi) is 3.41. The molecule has 0 aromatic heterocycles. The lowest BCUT2D eigenvalue weighted by Crippen LogP contribution is -2.19. The van der Waals surface area contributed by atoms with E-state index in [0.717, 1.165) is 0 Å². The van der Waals surface area contributed by atoms with Crippen molar-refractivity contribution in [2.24, 2.45) is 10.1 Å². The summed E-state index contributed by atoms with van der Waals surface area (Å²) in [5, 5.41) is 4.89. The van der Waals surface area contributed by atoms with E-state index < -0.39 is 10.0 Å². The fraction of sp³-hybridized carbons (Fsp3) is 0.500. The lowest BCUT2D eigenvalue weighted by atomic mass is 10.4. The summed E-state index contributed by atoms with van der Waals surface area (Å²) in [4.78, 5) is 3.80. The first kappa shape index (κ1) is 10.3. The quantitative estimate of drug-likeness (QED) is 0.613. The Morgan fingerprint density at radius 1 is 1.55 bits per heavy atom. The van der Waals surface area contributed by atoms with E-state index >= 15 is 0 Å². The number of nitrogens with two attached hydrogens (primary N) is 1. The van der Waals surface area contributed by atoms with Gasteiger partial charge in [-0.05, 0) is 13.8 Å². The minimum Gasteiger partial charge on any atom is -0.292 e. The molecule has 0 aliphatic heterocycles. The van der Waals surface area contributed by atoms with Crippen LogP contribution < -0.4 is 5.14 Å². The van der Waals surface area contributed by atoms with Crippen LogP contribution in [0.15, 0.2) is 16.0 Å². The molecule has 0 fully saturated rings. The predicted octanol–water partition coefficient (Wildman–Crippen LogP) is 0.269. The maximum Gasteiger partial charge on any atom is 0.239 e. The Hall–Kier alpha value is -0.680. The van der Waals surface area contributed by atoms with Crippen LogP contribution in [-0.4, -0.2) is 21.2 Å². The molecule has 64 valence electrons. The van der Waals surface area contributed by atoms with Gasteiger partial charge in [0.05, 0.1) is 10.6 Å². The first-order valence-corrected chi connectivity index (χ1v) is 4.61. The number of hydrogen-bond donors (Lipinski definition) is 1. The smallest absolute Gasteiger partial charge is 0.239 e. The fourth-order valence-corrected chi connectivity index (χ4v) is 1.52. The zero-order chi connectivity index (χ0) is 9.07. The minimum absolute atomic E-state index is 0.0833. The third-order valence-corrected chi connectivity index (χ3v) is 2.40. The highest BCUT2D eigenvalue weighted by Crippen LogP contribution is 2.03. The van der Waals surface area contributed by atoms with Gasteiger partial charge in [0.1, 0.15) is 0 Å². The van der Waals surface area contributed by atoms with Gasteiger partial charge in [0.2, 0.25) is 10.0 Å². The first-order valence-electron chi connectivity index (χ1n) is 3.06. The van der Waals surface area contributed by atoms with Crippen LogP contribution in [-0.2, 0) is 10.0 Å². The molecule has 0 aromatic carbocycles. The van der Waals surface area contributed by atoms with Crippen LogP contribution in [0.3, 0.4) is 0 Å². The van der Waals surface area contributed by atoms with Crippen molar-refractivity contribution in [1.29, 1.82) is 0 Å². The van der Waals surface area contributed by atoms with E-state index in [1.54, 1.807) is 13.8 Å². The molecule has 0 aromatic rings. The van der Waals surface area contributed by atoms with Crippen molar-refractivity contribution in [3.8, 4) is 0 Å². The summed E-state index contributed by atoms with van der Waals surface area (Å²) in [6.45, 7) is 3.20. The van der Waals surface area contributed by atoms with Crippen molar-refractivity contribution in [3.05, 3.63) is 11.0 Å². The van der Waals surface area contributed by atoms with E-state index in [9.17, 15) is 8.42 Å². The molecule has 0 unspecified atom stereocenters. The van der Waals surface area contributed by atoms with Crippen LogP contribution >= 0.6 is 0 Å². The summed E-state index contributed by atoms with van der Waals surface area (Å²) >= 11 is 0. The highest BCUT2D eigenvalue weighted by molar-refractivity contribution is 7.94. The summed E-state index contributed by atoms with van der Waals surface area (Å²) < 4.78 is 21.6. The van der Waals surface area contributed by atoms with Crippen molar-refractivity contribution in [2.75, 3.05) is 7.05 Å². The molecule has 0 heterocycles. The molecule has 0 atom stereocenters. The molecule has 0 saturated carbocycles. The number of nitrogens with zero attached hydrogens (tertiary/aromatic N) is 1. The second-order valence-electron chi connectivity index (χ2n) is 2.01. The molecule has 0 rings (SSSR count). The summed E-state index contributed by atoms with van der Waals surface area (Å²) in [5.74, 6) is 0. The van der Waals surface area contributed by atoms with Gasteiger partial charge in [-0.3, -0.25) is 4.99 Å². The molecule has 0 aliphatic carbocycles. The molecule has 0 amide bonds. The molecular formula is C6H12N2O2S. The number of hydrogen-bond acceptors (Lipinski definition) is 3. The molecule has 11 heavy (non-hydrogen) atoms. The minimum atomic E-state index is -3.60. The van der Waals surface area contributed by atoms with Crippen LogP contribution in [0.2, 0.25) is 0 Å². The lowest BCUT2D eigenvalue weighted by Gasteiger charge is -2.01. The van der Waals surface area contributed by atoms with Crippen molar-refractivity contribution < 1.29 is 8.42 Å². The largest absolute Gasteiger partial charge is 0.292 e. The van der Waals surface area contributed by atoms with E-state index in [1.165, 1.54) is 13.1 Å². The van der Waals surface area contributed by atoms with Crippen molar-refractivity contribution in [2.45, 2.75) is 13.8 Å². The Morgan fingerprint density at radius 2 is 2.00 bits per heavy atom. The third kappa shape index (κ3) is 2.81. The van der Waals surface area contributed by atoms with Crippen LogP contribution in [0.5, 0.6) is 0 Å². The fourth-order valence-electron chi connectivity index (χ4n) is 0.689.